The Morgan fingerprint density at radius 2 is 1.93 bits per heavy atom. The summed E-state index contributed by atoms with van der Waals surface area (Å²) in [4.78, 5) is 5.02. The van der Waals surface area contributed by atoms with Crippen molar-refractivity contribution in [2.45, 2.75) is 56.4 Å². The molecule has 0 bridgehead atoms. The topological polar surface area (TPSA) is 82.7 Å². The highest BCUT2D eigenvalue weighted by atomic mass is 32.2. The molecule has 1 atom stereocenters. The van der Waals surface area contributed by atoms with Gasteiger partial charge >= 0.3 is 0 Å². The van der Waals surface area contributed by atoms with E-state index in [-0.39, 0.29) is 29.7 Å². The molecule has 0 radical (unpaired) electrons. The molecule has 1 aromatic carbocycles. The van der Waals surface area contributed by atoms with Gasteiger partial charge < -0.3 is 4.57 Å². The number of halogens is 2. The van der Waals surface area contributed by atoms with E-state index in [0.717, 1.165) is 33.4 Å². The molecule has 3 heterocycles. The lowest BCUT2D eigenvalue weighted by molar-refractivity contribution is -0.0493. The lowest BCUT2D eigenvalue weighted by atomic mass is 9.79. The zero-order valence-corrected chi connectivity index (χ0v) is 23.9. The summed E-state index contributed by atoms with van der Waals surface area (Å²) in [7, 11) is -1.69. The standard InChI is InChI=1S/C30H33F2N5O2S/c1-6-8-9-20(7-2)29(21-12-14-30(31,32)15-13-21)37-25-17-23(40(5,38)39)10-11-24(25)27-26(37)16-22(18-33-27)28-19(3)34-35-36(28)4/h6-11,16-18,21,29H,2,12-15H2,1,3-5H3/b8-6-,20-9+. The molecular weight excluding hydrogens is 532 g/mol. The van der Waals surface area contributed by atoms with Crippen molar-refractivity contribution in [2.75, 3.05) is 6.26 Å². The highest BCUT2D eigenvalue weighted by molar-refractivity contribution is 7.90. The van der Waals surface area contributed by atoms with Crippen LogP contribution in [0, 0.1) is 12.8 Å². The Balaban J connectivity index is 1.87. The van der Waals surface area contributed by atoms with E-state index in [1.807, 2.05) is 45.2 Å². The molecular formula is C30H33F2N5O2S. The Morgan fingerprint density at radius 1 is 1.20 bits per heavy atom. The van der Waals surface area contributed by atoms with Gasteiger partial charge in [-0.2, -0.15) is 0 Å². The summed E-state index contributed by atoms with van der Waals surface area (Å²) in [6.07, 6.45) is 10.7. The summed E-state index contributed by atoms with van der Waals surface area (Å²) in [5, 5.41) is 9.11. The monoisotopic (exact) mass is 565 g/mol. The van der Waals surface area contributed by atoms with E-state index < -0.39 is 15.8 Å². The third-order valence-corrected chi connectivity index (χ3v) is 8.96. The van der Waals surface area contributed by atoms with E-state index in [0.29, 0.717) is 23.9 Å². The molecule has 0 saturated heterocycles. The van der Waals surface area contributed by atoms with Gasteiger partial charge in [-0.1, -0.05) is 36.1 Å². The maximum atomic E-state index is 14.3. The third-order valence-electron chi connectivity index (χ3n) is 7.85. The number of hydrogen-bond donors (Lipinski definition) is 0. The number of aromatic nitrogens is 5. The van der Waals surface area contributed by atoms with Gasteiger partial charge in [0.15, 0.2) is 9.84 Å². The van der Waals surface area contributed by atoms with Gasteiger partial charge in [-0.25, -0.2) is 21.9 Å². The summed E-state index contributed by atoms with van der Waals surface area (Å²) in [5.74, 6) is -2.82. The highest BCUT2D eigenvalue weighted by Gasteiger charge is 2.39. The van der Waals surface area contributed by atoms with Crippen molar-refractivity contribution in [2.24, 2.45) is 13.0 Å². The minimum Gasteiger partial charge on any atom is -0.331 e. The van der Waals surface area contributed by atoms with Crippen molar-refractivity contribution in [3.63, 3.8) is 0 Å². The van der Waals surface area contributed by atoms with E-state index in [9.17, 15) is 17.2 Å². The first-order chi connectivity index (χ1) is 18.9. The second kappa shape index (κ2) is 10.4. The van der Waals surface area contributed by atoms with Crippen molar-refractivity contribution in [3.8, 4) is 11.3 Å². The molecule has 1 saturated carbocycles. The Kier molecular flexibility index (Phi) is 7.24. The number of fused-ring (bicyclic) bond motifs is 3. The fraction of sp³-hybridized carbons (Fsp3) is 0.367. The van der Waals surface area contributed by atoms with Crippen molar-refractivity contribution in [1.82, 2.24) is 24.5 Å². The van der Waals surface area contributed by atoms with Crippen LogP contribution in [0.2, 0.25) is 0 Å². The molecule has 0 spiro atoms. The van der Waals surface area contributed by atoms with Crippen LogP contribution in [0.1, 0.15) is 44.3 Å². The second-order valence-corrected chi connectivity index (χ2v) is 12.6. The number of hydrogen-bond acceptors (Lipinski definition) is 5. The first kappa shape index (κ1) is 27.9. The molecule has 1 unspecified atom stereocenters. The van der Waals surface area contributed by atoms with Crippen LogP contribution >= 0.6 is 0 Å². The molecule has 5 rings (SSSR count). The molecule has 7 nitrogen and oxygen atoms in total. The van der Waals surface area contributed by atoms with Crippen LogP contribution in [-0.2, 0) is 16.9 Å². The van der Waals surface area contributed by atoms with E-state index in [4.69, 9.17) is 4.98 Å². The van der Waals surface area contributed by atoms with Gasteiger partial charge in [0.1, 0.15) is 0 Å². The molecule has 3 aromatic heterocycles. The number of aryl methyl sites for hydroxylation is 2. The number of nitrogens with zero attached hydrogens (tertiary/aromatic N) is 5. The van der Waals surface area contributed by atoms with E-state index in [1.54, 1.807) is 35.2 Å². The number of benzene rings is 1. The maximum absolute atomic E-state index is 14.3. The quantitative estimate of drug-likeness (QED) is 0.232. The largest absolute Gasteiger partial charge is 0.331 e. The maximum Gasteiger partial charge on any atom is 0.248 e. The Hall–Kier alpha value is -3.66. The third kappa shape index (κ3) is 5.00. The van der Waals surface area contributed by atoms with Crippen LogP contribution < -0.4 is 0 Å². The zero-order valence-electron chi connectivity index (χ0n) is 23.1. The predicted octanol–water partition coefficient (Wildman–Crippen LogP) is 6.75. The average molecular weight is 566 g/mol. The van der Waals surface area contributed by atoms with E-state index in [2.05, 4.69) is 21.5 Å². The van der Waals surface area contributed by atoms with Crippen molar-refractivity contribution >= 4 is 31.8 Å². The number of rotatable bonds is 7. The molecule has 10 heteroatoms. The van der Waals surface area contributed by atoms with Crippen LogP contribution in [0.5, 0.6) is 0 Å². The van der Waals surface area contributed by atoms with Crippen LogP contribution in [0.15, 0.2) is 71.8 Å². The van der Waals surface area contributed by atoms with Gasteiger partial charge in [-0.15, -0.1) is 5.10 Å². The molecule has 1 aliphatic rings. The normalized spacial score (nSPS) is 17.7. The highest BCUT2D eigenvalue weighted by Crippen LogP contribution is 2.46. The minimum absolute atomic E-state index is 0.126. The smallest absolute Gasteiger partial charge is 0.248 e. The van der Waals surface area contributed by atoms with Gasteiger partial charge in [0.05, 0.1) is 38.9 Å². The molecule has 40 heavy (non-hydrogen) atoms. The van der Waals surface area contributed by atoms with Crippen molar-refractivity contribution in [1.29, 1.82) is 0 Å². The van der Waals surface area contributed by atoms with Crippen LogP contribution in [0.4, 0.5) is 8.78 Å². The molecule has 210 valence electrons. The molecule has 0 aliphatic heterocycles. The van der Waals surface area contributed by atoms with Crippen LogP contribution in [0.25, 0.3) is 33.2 Å². The van der Waals surface area contributed by atoms with Crippen molar-refractivity contribution < 1.29 is 17.2 Å². The number of pyridine rings is 1. The van der Waals surface area contributed by atoms with Crippen LogP contribution in [-0.4, -0.2) is 45.1 Å². The van der Waals surface area contributed by atoms with Gasteiger partial charge in [-0.3, -0.25) is 4.98 Å². The summed E-state index contributed by atoms with van der Waals surface area (Å²) in [6, 6.07) is 6.68. The number of allylic oxidation sites excluding steroid dienone is 5. The van der Waals surface area contributed by atoms with Crippen LogP contribution in [0.3, 0.4) is 0 Å². The average Bonchev–Trinajstić information content (AvgIpc) is 3.41. The lowest BCUT2D eigenvalue weighted by Crippen LogP contribution is -2.30. The van der Waals surface area contributed by atoms with Gasteiger partial charge in [0.2, 0.25) is 5.92 Å². The van der Waals surface area contributed by atoms with Gasteiger partial charge in [0.25, 0.3) is 0 Å². The van der Waals surface area contributed by atoms with Crippen molar-refractivity contribution in [3.05, 3.63) is 72.6 Å². The SMILES string of the molecule is C=C/C(=C\C=C/C)C(C1CCC(F)(F)CC1)n1c2cc(S(C)(=O)=O)ccc2c2ncc(-c3c(C)nnn3C)cc21. The molecule has 4 aromatic rings. The molecule has 0 amide bonds. The molecule has 0 N–H and O–H groups in total. The van der Waals surface area contributed by atoms with Gasteiger partial charge in [0, 0.05) is 43.3 Å². The Morgan fingerprint density at radius 3 is 2.52 bits per heavy atom. The zero-order chi connectivity index (χ0) is 28.8. The Bertz CT molecular complexity index is 1750. The fourth-order valence-corrected chi connectivity index (χ4v) is 6.55. The first-order valence-corrected chi connectivity index (χ1v) is 15.2. The predicted molar refractivity (Wildman–Crippen MR) is 154 cm³/mol. The van der Waals surface area contributed by atoms with Gasteiger partial charge in [-0.05, 0) is 62.4 Å². The second-order valence-electron chi connectivity index (χ2n) is 10.6. The van der Waals surface area contributed by atoms with E-state index >= 15 is 0 Å². The number of sulfone groups is 1. The summed E-state index contributed by atoms with van der Waals surface area (Å²) < 4.78 is 57.6. The minimum atomic E-state index is -3.51. The summed E-state index contributed by atoms with van der Waals surface area (Å²) in [6.45, 7) is 7.86. The van der Waals surface area contributed by atoms with E-state index in [1.165, 1.54) is 6.26 Å². The Labute approximate surface area is 232 Å². The summed E-state index contributed by atoms with van der Waals surface area (Å²) in [5.41, 5.74) is 5.37. The molecule has 1 aliphatic carbocycles. The fourth-order valence-electron chi connectivity index (χ4n) is 5.91. The number of alkyl halides is 2. The lowest BCUT2D eigenvalue weighted by Gasteiger charge is -2.36. The molecule has 1 fully saturated rings. The summed E-state index contributed by atoms with van der Waals surface area (Å²) >= 11 is 0. The first-order valence-electron chi connectivity index (χ1n) is 13.3.